The van der Waals surface area contributed by atoms with E-state index in [1.54, 1.807) is 0 Å². The second kappa shape index (κ2) is 13.4. The van der Waals surface area contributed by atoms with Crippen LogP contribution in [0.1, 0.15) is 78.1 Å². The number of hydrogen-bond donors (Lipinski definition) is 0. The van der Waals surface area contributed by atoms with Crippen molar-refractivity contribution in [2.24, 2.45) is 0 Å². The van der Waals surface area contributed by atoms with E-state index in [-0.39, 0.29) is 0 Å². The normalized spacial score (nSPS) is 11.9. The molecule has 0 heterocycles. The van der Waals surface area contributed by atoms with Crippen LogP contribution in [0.15, 0.2) is 0 Å². The maximum Gasteiger partial charge on any atom is 0.424 e. The molecule has 0 radical (unpaired) electrons. The summed E-state index contributed by atoms with van der Waals surface area (Å²) in [4.78, 5) is 0. The first kappa shape index (κ1) is 19.4. The number of unbranched alkanes of at least 4 members (excludes halogenated alkanes) is 8. The second-order valence-electron chi connectivity index (χ2n) is 4.93. The molecule has 0 atom stereocenters. The van der Waals surface area contributed by atoms with Crippen LogP contribution in [0.4, 0.5) is 0 Å². The van der Waals surface area contributed by atoms with Gasteiger partial charge in [0.25, 0.3) is 0 Å². The molecule has 0 aromatic carbocycles. The van der Waals surface area contributed by atoms with Crippen molar-refractivity contribution in [3.8, 4) is 0 Å². The minimum atomic E-state index is -3.33. The van der Waals surface area contributed by atoms with Crippen LogP contribution in [0.25, 0.3) is 0 Å². The Bertz CT molecular complexity index is 217. The third-order valence-electron chi connectivity index (χ3n) is 2.99. The van der Waals surface area contributed by atoms with Crippen molar-refractivity contribution < 1.29 is 13.6 Å². The van der Waals surface area contributed by atoms with Crippen molar-refractivity contribution in [1.82, 2.24) is 0 Å². The lowest BCUT2D eigenvalue weighted by atomic mass is 10.2. The van der Waals surface area contributed by atoms with Gasteiger partial charge in [-0.1, -0.05) is 65.2 Å². The molecule has 0 fully saturated rings. The standard InChI is InChI=1S/C14H30ClO3P/c1-3-5-7-9-11-13-17-19(15,16)18-14-12-10-8-6-4-2/h3-14H2,1-2H3. The molecule has 0 aromatic heterocycles. The van der Waals surface area contributed by atoms with E-state index in [4.69, 9.17) is 20.3 Å². The third-order valence-corrected chi connectivity index (χ3v) is 4.55. The van der Waals surface area contributed by atoms with Gasteiger partial charge in [0.15, 0.2) is 0 Å². The zero-order chi connectivity index (χ0) is 14.4. The summed E-state index contributed by atoms with van der Waals surface area (Å²) >= 11 is 5.73. The molecule has 0 spiro atoms. The monoisotopic (exact) mass is 312 g/mol. The fourth-order valence-corrected chi connectivity index (χ4v) is 2.98. The van der Waals surface area contributed by atoms with Crippen LogP contribution in [-0.2, 0) is 13.6 Å². The van der Waals surface area contributed by atoms with Gasteiger partial charge in [0, 0.05) is 11.2 Å². The SMILES string of the molecule is CCCCCCCOP(=O)(Cl)OCCCCCCC. The quantitative estimate of drug-likeness (QED) is 0.278. The first-order chi connectivity index (χ1) is 9.12. The van der Waals surface area contributed by atoms with E-state index in [9.17, 15) is 4.57 Å². The van der Waals surface area contributed by atoms with Crippen LogP contribution in [0.3, 0.4) is 0 Å². The Morgan fingerprint density at radius 3 is 1.47 bits per heavy atom. The van der Waals surface area contributed by atoms with Crippen LogP contribution in [0, 0.1) is 0 Å². The predicted octanol–water partition coefficient (Wildman–Crippen LogP) is 6.31. The maximum absolute atomic E-state index is 11.7. The lowest BCUT2D eigenvalue weighted by molar-refractivity contribution is 0.211. The van der Waals surface area contributed by atoms with Crippen LogP contribution in [0.2, 0.25) is 0 Å². The Morgan fingerprint density at radius 2 is 1.11 bits per heavy atom. The van der Waals surface area contributed by atoms with Crippen molar-refractivity contribution in [3.05, 3.63) is 0 Å². The Morgan fingerprint density at radius 1 is 0.737 bits per heavy atom. The van der Waals surface area contributed by atoms with Gasteiger partial charge in [-0.2, -0.15) is 0 Å². The van der Waals surface area contributed by atoms with E-state index in [1.165, 1.54) is 38.5 Å². The zero-order valence-electron chi connectivity index (χ0n) is 12.5. The van der Waals surface area contributed by atoms with E-state index in [1.807, 2.05) is 0 Å². The van der Waals surface area contributed by atoms with Crippen LogP contribution >= 0.6 is 18.2 Å². The first-order valence-electron chi connectivity index (χ1n) is 7.71. The molecule has 0 aliphatic carbocycles. The Labute approximate surface area is 123 Å². The fraction of sp³-hybridized carbons (Fsp3) is 1.00. The van der Waals surface area contributed by atoms with Gasteiger partial charge < -0.3 is 0 Å². The van der Waals surface area contributed by atoms with Gasteiger partial charge in [0.2, 0.25) is 0 Å². The van der Waals surface area contributed by atoms with E-state index < -0.39 is 6.95 Å². The summed E-state index contributed by atoms with van der Waals surface area (Å²) in [6.07, 6.45) is 11.3. The Kier molecular flexibility index (Phi) is 13.7. The molecular weight excluding hydrogens is 283 g/mol. The first-order valence-corrected chi connectivity index (χ1v) is 10.2. The van der Waals surface area contributed by atoms with Gasteiger partial charge in [-0.15, -0.1) is 0 Å². The summed E-state index contributed by atoms with van der Waals surface area (Å²) in [5.74, 6) is 0. The van der Waals surface area contributed by atoms with Gasteiger partial charge in [-0.3, -0.25) is 9.05 Å². The molecule has 0 saturated heterocycles. The smallest absolute Gasteiger partial charge is 0.297 e. The molecule has 0 rings (SSSR count). The zero-order valence-corrected chi connectivity index (χ0v) is 14.2. The molecule has 3 nitrogen and oxygen atoms in total. The van der Waals surface area contributed by atoms with Crippen molar-refractivity contribution in [2.45, 2.75) is 78.1 Å². The van der Waals surface area contributed by atoms with E-state index in [0.717, 1.165) is 25.7 Å². The van der Waals surface area contributed by atoms with E-state index in [2.05, 4.69) is 13.8 Å². The van der Waals surface area contributed by atoms with Crippen molar-refractivity contribution >= 4 is 18.2 Å². The molecule has 19 heavy (non-hydrogen) atoms. The molecule has 0 saturated carbocycles. The number of halogens is 1. The highest BCUT2D eigenvalue weighted by atomic mass is 35.7. The second-order valence-corrected chi connectivity index (χ2v) is 7.55. The minimum Gasteiger partial charge on any atom is -0.297 e. The van der Waals surface area contributed by atoms with E-state index >= 15 is 0 Å². The molecule has 116 valence electrons. The summed E-state index contributed by atoms with van der Waals surface area (Å²) in [6, 6.07) is 0. The van der Waals surface area contributed by atoms with Crippen LogP contribution in [0.5, 0.6) is 0 Å². The van der Waals surface area contributed by atoms with E-state index in [0.29, 0.717) is 13.2 Å². The molecule has 0 unspecified atom stereocenters. The Balaban J connectivity index is 3.39. The molecule has 0 bridgehead atoms. The molecule has 0 N–H and O–H groups in total. The van der Waals surface area contributed by atoms with Crippen LogP contribution in [-0.4, -0.2) is 13.2 Å². The summed E-state index contributed by atoms with van der Waals surface area (Å²) in [5, 5.41) is 0. The summed E-state index contributed by atoms with van der Waals surface area (Å²) in [5.41, 5.74) is 0. The van der Waals surface area contributed by atoms with Gasteiger partial charge in [-0.05, 0) is 12.8 Å². The van der Waals surface area contributed by atoms with Gasteiger partial charge in [0.1, 0.15) is 0 Å². The Hall–Kier alpha value is 0.440. The largest absolute Gasteiger partial charge is 0.424 e. The van der Waals surface area contributed by atoms with Crippen molar-refractivity contribution in [3.63, 3.8) is 0 Å². The highest BCUT2D eigenvalue weighted by Crippen LogP contribution is 2.53. The molecule has 0 aliphatic heterocycles. The van der Waals surface area contributed by atoms with Crippen molar-refractivity contribution in [2.75, 3.05) is 13.2 Å². The number of rotatable bonds is 14. The highest BCUT2D eigenvalue weighted by molar-refractivity contribution is 7.81. The van der Waals surface area contributed by atoms with Crippen molar-refractivity contribution in [1.29, 1.82) is 0 Å². The molecular formula is C14H30ClO3P. The fourth-order valence-electron chi connectivity index (χ4n) is 1.80. The lowest BCUT2D eigenvalue weighted by Crippen LogP contribution is -1.96. The maximum atomic E-state index is 11.7. The summed E-state index contributed by atoms with van der Waals surface area (Å²) < 4.78 is 22.0. The molecule has 5 heteroatoms. The van der Waals surface area contributed by atoms with Crippen LogP contribution < -0.4 is 0 Å². The van der Waals surface area contributed by atoms with Gasteiger partial charge in [0.05, 0.1) is 13.2 Å². The summed E-state index contributed by atoms with van der Waals surface area (Å²) in [6.45, 7) is 1.89. The minimum absolute atomic E-state index is 0.431. The van der Waals surface area contributed by atoms with Gasteiger partial charge in [-0.25, -0.2) is 4.57 Å². The lowest BCUT2D eigenvalue weighted by Gasteiger charge is -2.11. The molecule has 0 amide bonds. The molecule has 0 aromatic rings. The average molecular weight is 313 g/mol. The highest BCUT2D eigenvalue weighted by Gasteiger charge is 2.19. The van der Waals surface area contributed by atoms with Gasteiger partial charge >= 0.3 is 6.95 Å². The third kappa shape index (κ3) is 14.7. The predicted molar refractivity (Wildman–Crippen MR) is 82.9 cm³/mol. The topological polar surface area (TPSA) is 35.5 Å². The summed E-state index contributed by atoms with van der Waals surface area (Å²) in [7, 11) is 0. The molecule has 0 aliphatic rings. The average Bonchev–Trinajstić information content (AvgIpc) is 2.38. The number of hydrogen-bond acceptors (Lipinski definition) is 3.